The van der Waals surface area contributed by atoms with Gasteiger partial charge in [0.15, 0.2) is 20.8 Å². The molecule has 3 saturated heterocycles. The van der Waals surface area contributed by atoms with Gasteiger partial charge in [-0.25, -0.2) is 0 Å². The van der Waals surface area contributed by atoms with Gasteiger partial charge in [-0.3, -0.25) is 8.98 Å². The van der Waals surface area contributed by atoms with Crippen LogP contribution in [-0.2, 0) is 44.9 Å². The maximum Gasteiger partial charge on any atom is 0.305 e. The summed E-state index contributed by atoms with van der Waals surface area (Å²) in [7, 11) is -3.57. The number of hydrogen-bond acceptors (Lipinski definition) is 6. The highest BCUT2D eigenvalue weighted by Gasteiger charge is 2.67. The first-order chi connectivity index (χ1) is 18.6. The Kier molecular flexibility index (Phi) is 7.93. The fourth-order valence-corrected chi connectivity index (χ4v) is 8.94. The minimum atomic E-state index is -3.52. The topological polar surface area (TPSA) is 78.9 Å². The number of rotatable bonds is 5. The molecule has 5 unspecified atom stereocenters. The molecule has 3 aliphatic heterocycles. The van der Waals surface area contributed by atoms with Crippen molar-refractivity contribution in [2.75, 3.05) is 0 Å². The Balaban J connectivity index is 0.000000168. The molecule has 0 radical (unpaired) electrons. The third-order valence-corrected chi connectivity index (χ3v) is 11.2. The molecule has 39 heavy (non-hydrogen) atoms. The van der Waals surface area contributed by atoms with Crippen molar-refractivity contribution in [3.05, 3.63) is 90.5 Å². The van der Waals surface area contributed by atoms with Gasteiger partial charge in [0.05, 0.1) is 17.0 Å². The van der Waals surface area contributed by atoms with Gasteiger partial charge in [0, 0.05) is 6.42 Å². The Morgan fingerprint density at radius 1 is 0.872 bits per heavy atom. The smallest absolute Gasteiger partial charge is 0.305 e. The first-order valence-corrected chi connectivity index (χ1v) is 16.0. The minimum Gasteiger partial charge on any atom is -0.457 e. The molecule has 206 valence electrons. The van der Waals surface area contributed by atoms with Crippen LogP contribution < -0.4 is 0 Å². The van der Waals surface area contributed by atoms with Crippen molar-refractivity contribution in [3.63, 3.8) is 0 Å². The van der Waals surface area contributed by atoms with Gasteiger partial charge in [0.2, 0.25) is 0 Å². The predicted molar refractivity (Wildman–Crippen MR) is 151 cm³/mol. The Morgan fingerprint density at radius 2 is 1.41 bits per heavy atom. The minimum absolute atomic E-state index is 0.0497. The quantitative estimate of drug-likeness (QED) is 0.225. The zero-order valence-corrected chi connectivity index (χ0v) is 24.3. The van der Waals surface area contributed by atoms with Crippen LogP contribution in [0.15, 0.2) is 99.6 Å². The van der Waals surface area contributed by atoms with Crippen LogP contribution in [0.3, 0.4) is 0 Å². The van der Waals surface area contributed by atoms with Gasteiger partial charge in [-0.05, 0) is 53.8 Å². The lowest BCUT2D eigenvalue weighted by molar-refractivity contribution is -0.154. The summed E-state index contributed by atoms with van der Waals surface area (Å²) in [6.07, 6.45) is -1.35. The van der Waals surface area contributed by atoms with Gasteiger partial charge in [-0.2, -0.15) is 8.42 Å². The van der Waals surface area contributed by atoms with Crippen LogP contribution in [-0.4, -0.2) is 44.1 Å². The molecule has 3 aliphatic rings. The highest BCUT2D eigenvalue weighted by atomic mass is 32.2. The van der Waals surface area contributed by atoms with E-state index in [1.807, 2.05) is 0 Å². The van der Waals surface area contributed by atoms with Crippen molar-refractivity contribution in [2.24, 2.45) is 0 Å². The molecule has 0 spiro atoms. The van der Waals surface area contributed by atoms with Gasteiger partial charge in [-0.15, -0.1) is 0 Å². The fourth-order valence-electron chi connectivity index (χ4n) is 5.22. The largest absolute Gasteiger partial charge is 0.457 e. The third-order valence-electron chi connectivity index (χ3n) is 7.26. The van der Waals surface area contributed by atoms with Gasteiger partial charge >= 0.3 is 5.97 Å². The standard InChI is InChI=1S/C22H23S.C9H12O6S/c1-22(2,3)18-14-16-21(17-15-18)23(19-10-6-4-7-11-19)20-12-8-5-9-13-20;1-2-6(10)14-7-4-3-5-8(13-4)9(7)15-16(5,11)12/h4-17H,1-3H3;4-5,7-9H,2-3H2,1H3/q+1;. The van der Waals surface area contributed by atoms with E-state index >= 15 is 0 Å². The normalized spacial score (nSPS) is 26.2. The van der Waals surface area contributed by atoms with E-state index in [1.54, 1.807) is 6.92 Å². The highest BCUT2D eigenvalue weighted by molar-refractivity contribution is 7.97. The average molecular weight is 568 g/mol. The van der Waals surface area contributed by atoms with Crippen molar-refractivity contribution < 1.29 is 26.9 Å². The maximum absolute atomic E-state index is 11.5. The van der Waals surface area contributed by atoms with E-state index in [9.17, 15) is 13.2 Å². The van der Waals surface area contributed by atoms with Crippen LogP contribution in [0.1, 0.15) is 46.1 Å². The average Bonchev–Trinajstić information content (AvgIpc) is 3.55. The molecule has 8 heteroatoms. The van der Waals surface area contributed by atoms with Crippen LogP contribution in [0.4, 0.5) is 0 Å². The number of esters is 1. The summed E-state index contributed by atoms with van der Waals surface area (Å²) >= 11 is 0. The summed E-state index contributed by atoms with van der Waals surface area (Å²) in [5.41, 5.74) is 1.57. The van der Waals surface area contributed by atoms with Crippen molar-refractivity contribution >= 4 is 27.0 Å². The van der Waals surface area contributed by atoms with Crippen molar-refractivity contribution in [2.45, 2.75) is 90.3 Å². The Bertz CT molecular complexity index is 1350. The molecule has 3 aromatic rings. The second-order valence-corrected chi connectivity index (χ2v) is 14.8. The van der Waals surface area contributed by atoms with Crippen LogP contribution in [0.2, 0.25) is 0 Å². The Morgan fingerprint density at radius 3 is 1.92 bits per heavy atom. The summed E-state index contributed by atoms with van der Waals surface area (Å²) in [5.74, 6) is -0.356. The Hall–Kier alpha value is -2.65. The Labute approximate surface area is 234 Å². The molecule has 3 heterocycles. The van der Waals surface area contributed by atoms with E-state index < -0.39 is 33.7 Å². The van der Waals surface area contributed by atoms with Gasteiger partial charge in [0.25, 0.3) is 10.1 Å². The number of carbonyl (C=O) groups is 1. The zero-order chi connectivity index (χ0) is 27.8. The van der Waals surface area contributed by atoms with E-state index in [0.717, 1.165) is 0 Å². The number of benzene rings is 3. The maximum atomic E-state index is 11.5. The number of ether oxygens (including phenoxy) is 2. The van der Waals surface area contributed by atoms with E-state index in [4.69, 9.17) is 13.7 Å². The van der Waals surface area contributed by atoms with Gasteiger partial charge in [-0.1, -0.05) is 76.2 Å². The molecule has 6 nitrogen and oxygen atoms in total. The molecule has 0 saturated carbocycles. The molecule has 2 bridgehead atoms. The molecule has 5 atom stereocenters. The zero-order valence-electron chi connectivity index (χ0n) is 22.6. The lowest BCUT2D eigenvalue weighted by Gasteiger charge is -2.21. The monoisotopic (exact) mass is 567 g/mol. The van der Waals surface area contributed by atoms with E-state index in [1.165, 1.54) is 20.2 Å². The van der Waals surface area contributed by atoms with Crippen LogP contribution in [0.25, 0.3) is 0 Å². The van der Waals surface area contributed by atoms with Crippen LogP contribution in [0, 0.1) is 0 Å². The lowest BCUT2D eigenvalue weighted by Crippen LogP contribution is -2.41. The number of fused-ring (bicyclic) bond motifs is 1. The number of carbonyl (C=O) groups excluding carboxylic acids is 1. The summed E-state index contributed by atoms with van der Waals surface area (Å²) in [4.78, 5) is 15.3. The van der Waals surface area contributed by atoms with E-state index in [-0.39, 0.29) is 34.8 Å². The summed E-state index contributed by atoms with van der Waals surface area (Å²) < 4.78 is 38.7. The molecular weight excluding hydrogens is 532 g/mol. The second-order valence-electron chi connectivity index (χ2n) is 11.0. The summed E-state index contributed by atoms with van der Waals surface area (Å²) in [6, 6.07) is 30.7. The third kappa shape index (κ3) is 5.80. The highest BCUT2D eigenvalue weighted by Crippen LogP contribution is 2.47. The van der Waals surface area contributed by atoms with Crippen LogP contribution >= 0.6 is 0 Å². The molecule has 3 fully saturated rings. The molecular formula is C31H35O6S2+. The first kappa shape index (κ1) is 27.9. The molecule has 0 aromatic heterocycles. The van der Waals surface area contributed by atoms with E-state index in [0.29, 0.717) is 6.42 Å². The summed E-state index contributed by atoms with van der Waals surface area (Å²) in [5, 5.41) is -0.570. The summed E-state index contributed by atoms with van der Waals surface area (Å²) in [6.45, 7) is 8.47. The van der Waals surface area contributed by atoms with E-state index in [2.05, 4.69) is 106 Å². The molecule has 3 aromatic carbocycles. The number of hydrogen-bond donors (Lipinski definition) is 0. The van der Waals surface area contributed by atoms with Gasteiger partial charge < -0.3 is 9.47 Å². The van der Waals surface area contributed by atoms with Crippen LogP contribution in [0.5, 0.6) is 0 Å². The molecule has 0 N–H and O–H groups in total. The molecule has 0 amide bonds. The van der Waals surface area contributed by atoms with Gasteiger partial charge in [0.1, 0.15) is 17.5 Å². The first-order valence-electron chi connectivity index (χ1n) is 13.3. The fraction of sp³-hybridized carbons (Fsp3) is 0.387. The SMILES string of the molecule is CC(C)(C)c1ccc([S+](c2ccccc2)c2ccccc2)cc1.CCC(=O)OC1C2CC3C(O2)C1OS3(=O)=O. The second kappa shape index (κ2) is 11.1. The van der Waals surface area contributed by atoms with Crippen molar-refractivity contribution in [1.82, 2.24) is 0 Å². The van der Waals surface area contributed by atoms with Crippen molar-refractivity contribution in [3.8, 4) is 0 Å². The lowest BCUT2D eigenvalue weighted by atomic mass is 9.87. The predicted octanol–water partition coefficient (Wildman–Crippen LogP) is 5.66. The molecule has 0 aliphatic carbocycles. The van der Waals surface area contributed by atoms with Crippen molar-refractivity contribution in [1.29, 1.82) is 0 Å². The molecule has 6 rings (SSSR count).